The Labute approximate surface area is 173 Å². The van der Waals surface area contributed by atoms with Gasteiger partial charge in [-0.05, 0) is 6.42 Å². The first-order chi connectivity index (χ1) is 6.41. The molecule has 0 unspecified atom stereocenters. The second-order valence-corrected chi connectivity index (χ2v) is 3.78. The number of carbonyl (C=O) groups is 1. The predicted octanol–water partition coefficient (Wildman–Crippen LogP) is -4.54. The molecule has 0 aromatic carbocycles. The molecular weight excluding hydrogens is 229 g/mol. The van der Waals surface area contributed by atoms with Crippen LogP contribution in [0.15, 0.2) is 0 Å². The van der Waals surface area contributed by atoms with E-state index in [1.165, 1.54) is 51.4 Å². The monoisotopic (exact) mass is 256 g/mol. The molecule has 16 heavy (non-hydrogen) atoms. The molecule has 0 fully saturated rings. The third-order valence-electron chi connectivity index (χ3n) is 2.43. The Bertz CT molecular complexity index is 122. The zero-order valence-corrected chi connectivity index (χ0v) is 18.1. The van der Waals surface area contributed by atoms with Crippen molar-refractivity contribution in [1.82, 2.24) is 0 Å². The van der Waals surface area contributed by atoms with Crippen LogP contribution in [0.25, 0.3) is 0 Å². The molecule has 0 radical (unpaired) electrons. The van der Waals surface area contributed by atoms with Crippen LogP contribution in [-0.2, 0) is 4.79 Å². The molecule has 0 saturated carbocycles. The van der Waals surface area contributed by atoms with Crippen molar-refractivity contribution in [3.8, 4) is 0 Å². The second-order valence-electron chi connectivity index (χ2n) is 3.78. The van der Waals surface area contributed by atoms with Gasteiger partial charge in [-0.3, -0.25) is 0 Å². The van der Waals surface area contributed by atoms with Crippen molar-refractivity contribution >= 4 is 6.29 Å². The Morgan fingerprint density at radius 1 is 0.750 bits per heavy atom. The molecule has 0 aliphatic heterocycles. The van der Waals surface area contributed by atoms with E-state index in [0.717, 1.165) is 19.1 Å². The van der Waals surface area contributed by atoms with E-state index in [2.05, 4.69) is 6.92 Å². The summed E-state index contributed by atoms with van der Waals surface area (Å²) in [6.07, 6.45) is 13.7. The Kier molecular flexibility index (Phi) is 44.5. The largest absolute Gasteiger partial charge is 1.00 e. The number of rotatable bonds is 10. The molecule has 0 spiro atoms. The van der Waals surface area contributed by atoms with Crippen molar-refractivity contribution in [3.05, 3.63) is 0 Å². The summed E-state index contributed by atoms with van der Waals surface area (Å²) in [4.78, 5) is 10.0. The van der Waals surface area contributed by atoms with Crippen LogP contribution in [0.2, 0.25) is 0 Å². The van der Waals surface area contributed by atoms with Gasteiger partial charge < -0.3 is 9.07 Å². The van der Waals surface area contributed by atoms with E-state index in [0.29, 0.717) is 0 Å². The standard InChI is InChI=1S/C12H24O.3Na.3H/c1-2-3-4-5-6-7-8-9-10-11-12-13;;;;;;/h12H,2-11H2,1H3;;;;;;/q;3*+1;3*-1. The first-order valence-corrected chi connectivity index (χ1v) is 5.85. The molecule has 0 amide bonds. The summed E-state index contributed by atoms with van der Waals surface area (Å²) in [5.74, 6) is 0. The van der Waals surface area contributed by atoms with Crippen LogP contribution in [0.1, 0.15) is 75.4 Å². The van der Waals surface area contributed by atoms with Gasteiger partial charge in [0.1, 0.15) is 6.29 Å². The van der Waals surface area contributed by atoms with Gasteiger partial charge in [-0.15, -0.1) is 0 Å². The van der Waals surface area contributed by atoms with Crippen molar-refractivity contribution in [1.29, 1.82) is 0 Å². The topological polar surface area (TPSA) is 17.1 Å². The SMILES string of the molecule is CCCCCCCCCCCC=O.[H-].[H-].[H-].[Na+].[Na+].[Na+]. The zero-order valence-electron chi connectivity index (χ0n) is 15.1. The normalized spacial score (nSPS) is 8.31. The molecule has 4 heteroatoms. The predicted molar refractivity (Wildman–Crippen MR) is 61.2 cm³/mol. The van der Waals surface area contributed by atoms with Gasteiger partial charge in [0.05, 0.1) is 0 Å². The first-order valence-electron chi connectivity index (χ1n) is 5.85. The maximum Gasteiger partial charge on any atom is 1.00 e. The van der Waals surface area contributed by atoms with Crippen molar-refractivity contribution in [2.24, 2.45) is 0 Å². The summed E-state index contributed by atoms with van der Waals surface area (Å²) in [5, 5.41) is 0. The van der Waals surface area contributed by atoms with Crippen LogP contribution in [0, 0.1) is 0 Å². The Balaban J connectivity index is -0.0000000480. The van der Waals surface area contributed by atoms with Gasteiger partial charge in [-0.25, -0.2) is 0 Å². The van der Waals surface area contributed by atoms with Gasteiger partial charge in [0.2, 0.25) is 0 Å². The fraction of sp³-hybridized carbons (Fsp3) is 0.917. The summed E-state index contributed by atoms with van der Waals surface area (Å²) >= 11 is 0. The van der Waals surface area contributed by atoms with E-state index in [1.807, 2.05) is 0 Å². The number of hydrogen-bond acceptors (Lipinski definition) is 1. The molecule has 0 aromatic rings. The molecule has 0 aromatic heterocycles. The minimum Gasteiger partial charge on any atom is -1.00 e. The Morgan fingerprint density at radius 3 is 1.50 bits per heavy atom. The van der Waals surface area contributed by atoms with Gasteiger partial charge in [0.15, 0.2) is 0 Å². The number of hydrogen-bond donors (Lipinski definition) is 0. The van der Waals surface area contributed by atoms with Crippen molar-refractivity contribution in [2.75, 3.05) is 0 Å². The minimum atomic E-state index is 0. The van der Waals surface area contributed by atoms with Crippen molar-refractivity contribution in [3.63, 3.8) is 0 Å². The fourth-order valence-electron chi connectivity index (χ4n) is 1.54. The third-order valence-corrected chi connectivity index (χ3v) is 2.43. The molecular formula is C12H27Na3O. The molecule has 0 heterocycles. The van der Waals surface area contributed by atoms with Gasteiger partial charge in [0, 0.05) is 6.42 Å². The smallest absolute Gasteiger partial charge is 1.00 e. The molecule has 0 aliphatic rings. The van der Waals surface area contributed by atoms with Gasteiger partial charge in [-0.2, -0.15) is 0 Å². The number of carbonyl (C=O) groups excluding carboxylic acids is 1. The first kappa shape index (κ1) is 27.1. The summed E-state index contributed by atoms with van der Waals surface area (Å²) < 4.78 is 0. The molecule has 0 saturated heterocycles. The molecule has 1 nitrogen and oxygen atoms in total. The Morgan fingerprint density at radius 2 is 1.12 bits per heavy atom. The average molecular weight is 256 g/mol. The molecule has 0 aliphatic carbocycles. The number of unbranched alkanes of at least 4 members (excludes halogenated alkanes) is 9. The van der Waals surface area contributed by atoms with Gasteiger partial charge in [-0.1, -0.05) is 58.3 Å². The molecule has 0 bridgehead atoms. The van der Waals surface area contributed by atoms with Crippen LogP contribution in [0.5, 0.6) is 0 Å². The van der Waals surface area contributed by atoms with Crippen LogP contribution in [0.4, 0.5) is 0 Å². The second kappa shape index (κ2) is 26.3. The fourth-order valence-corrected chi connectivity index (χ4v) is 1.54. The quantitative estimate of drug-likeness (QED) is 0.219. The third kappa shape index (κ3) is 25.5. The number of aldehydes is 1. The average Bonchev–Trinajstić information content (AvgIpc) is 2.16. The van der Waals surface area contributed by atoms with E-state index in [-0.39, 0.29) is 93.0 Å². The van der Waals surface area contributed by atoms with Crippen LogP contribution < -0.4 is 88.7 Å². The van der Waals surface area contributed by atoms with E-state index in [1.54, 1.807) is 0 Å². The van der Waals surface area contributed by atoms with Gasteiger partial charge >= 0.3 is 88.7 Å². The van der Waals surface area contributed by atoms with E-state index >= 15 is 0 Å². The minimum absolute atomic E-state index is 0. The molecule has 0 N–H and O–H groups in total. The zero-order chi connectivity index (χ0) is 9.78. The summed E-state index contributed by atoms with van der Waals surface area (Å²) in [7, 11) is 0. The maximum atomic E-state index is 10.0. The molecule has 0 rings (SSSR count). The van der Waals surface area contributed by atoms with E-state index < -0.39 is 0 Å². The van der Waals surface area contributed by atoms with E-state index in [9.17, 15) is 4.79 Å². The Hall–Kier alpha value is 2.67. The molecule has 84 valence electrons. The van der Waals surface area contributed by atoms with Crippen molar-refractivity contribution in [2.45, 2.75) is 71.1 Å². The van der Waals surface area contributed by atoms with Crippen molar-refractivity contribution < 1.29 is 97.7 Å². The van der Waals surface area contributed by atoms with Crippen LogP contribution in [0.3, 0.4) is 0 Å². The summed E-state index contributed by atoms with van der Waals surface area (Å²) in [6.45, 7) is 2.25. The van der Waals surface area contributed by atoms with Crippen LogP contribution >= 0.6 is 0 Å². The van der Waals surface area contributed by atoms with Crippen LogP contribution in [-0.4, -0.2) is 6.29 Å². The van der Waals surface area contributed by atoms with E-state index in [4.69, 9.17) is 0 Å². The summed E-state index contributed by atoms with van der Waals surface area (Å²) in [5.41, 5.74) is 0. The summed E-state index contributed by atoms with van der Waals surface area (Å²) in [6, 6.07) is 0. The molecule has 0 atom stereocenters. The maximum absolute atomic E-state index is 10.0. The van der Waals surface area contributed by atoms with Gasteiger partial charge in [0.25, 0.3) is 0 Å².